The van der Waals surface area contributed by atoms with E-state index in [1.807, 2.05) is 55.1 Å². The molecule has 1 amide bonds. The lowest BCUT2D eigenvalue weighted by Crippen LogP contribution is -2.30. The molecule has 0 bridgehead atoms. The van der Waals surface area contributed by atoms with E-state index in [0.717, 1.165) is 58.9 Å². The molecule has 4 rings (SSSR count). The Hall–Kier alpha value is -3.15. The van der Waals surface area contributed by atoms with E-state index in [1.54, 1.807) is 14.2 Å². The Kier molecular flexibility index (Phi) is 5.09. The summed E-state index contributed by atoms with van der Waals surface area (Å²) in [7, 11) is 3.28. The average molecular weight is 391 g/mol. The molecule has 1 aliphatic rings. The van der Waals surface area contributed by atoms with Crippen LogP contribution in [0.3, 0.4) is 0 Å². The van der Waals surface area contributed by atoms with Crippen LogP contribution in [0.2, 0.25) is 0 Å². The van der Waals surface area contributed by atoms with Crippen molar-refractivity contribution in [1.82, 2.24) is 14.9 Å². The first-order valence-corrected chi connectivity index (χ1v) is 9.79. The monoisotopic (exact) mass is 391 g/mol. The summed E-state index contributed by atoms with van der Waals surface area (Å²) >= 11 is 0. The van der Waals surface area contributed by atoms with E-state index in [0.29, 0.717) is 5.56 Å². The SMILES string of the molecule is COc1ccc(C2CCCN2C(=O)c2ccc3nc(C)c(C)nc3c2)c(OC)c1. The van der Waals surface area contributed by atoms with Gasteiger partial charge in [-0.05, 0) is 57.0 Å². The molecule has 6 nitrogen and oxygen atoms in total. The summed E-state index contributed by atoms with van der Waals surface area (Å²) in [6.45, 7) is 4.59. The van der Waals surface area contributed by atoms with Gasteiger partial charge in [-0.3, -0.25) is 4.79 Å². The van der Waals surface area contributed by atoms with Gasteiger partial charge in [-0.2, -0.15) is 0 Å². The van der Waals surface area contributed by atoms with Crippen LogP contribution < -0.4 is 9.47 Å². The van der Waals surface area contributed by atoms with E-state index >= 15 is 0 Å². The van der Waals surface area contributed by atoms with E-state index in [1.165, 1.54) is 0 Å². The van der Waals surface area contributed by atoms with Gasteiger partial charge in [0.25, 0.3) is 5.91 Å². The smallest absolute Gasteiger partial charge is 0.254 e. The number of nitrogens with zero attached hydrogens (tertiary/aromatic N) is 3. The number of amides is 1. The maximum atomic E-state index is 13.4. The highest BCUT2D eigenvalue weighted by Gasteiger charge is 2.32. The second-order valence-corrected chi connectivity index (χ2v) is 7.36. The van der Waals surface area contributed by atoms with Crippen LogP contribution in [0.5, 0.6) is 11.5 Å². The summed E-state index contributed by atoms with van der Waals surface area (Å²) in [5.74, 6) is 1.48. The summed E-state index contributed by atoms with van der Waals surface area (Å²) in [6, 6.07) is 11.3. The minimum atomic E-state index is -0.0232. The molecule has 6 heteroatoms. The van der Waals surface area contributed by atoms with E-state index in [9.17, 15) is 4.79 Å². The van der Waals surface area contributed by atoms with Crippen molar-refractivity contribution in [2.75, 3.05) is 20.8 Å². The number of rotatable bonds is 4. The molecule has 1 saturated heterocycles. The van der Waals surface area contributed by atoms with Gasteiger partial charge in [0, 0.05) is 23.7 Å². The molecule has 150 valence electrons. The Morgan fingerprint density at radius 3 is 2.48 bits per heavy atom. The van der Waals surface area contributed by atoms with E-state index < -0.39 is 0 Å². The summed E-state index contributed by atoms with van der Waals surface area (Å²) < 4.78 is 10.9. The minimum Gasteiger partial charge on any atom is -0.497 e. The van der Waals surface area contributed by atoms with Crippen LogP contribution in [0, 0.1) is 13.8 Å². The highest BCUT2D eigenvalue weighted by Crippen LogP contribution is 2.39. The number of fused-ring (bicyclic) bond motifs is 1. The van der Waals surface area contributed by atoms with E-state index in [2.05, 4.69) is 9.97 Å². The van der Waals surface area contributed by atoms with Crippen LogP contribution >= 0.6 is 0 Å². The second-order valence-electron chi connectivity index (χ2n) is 7.36. The number of aromatic nitrogens is 2. The average Bonchev–Trinajstić information content (AvgIpc) is 3.22. The molecule has 1 fully saturated rings. The van der Waals surface area contributed by atoms with Crippen LogP contribution in [-0.4, -0.2) is 41.5 Å². The number of methoxy groups -OCH3 is 2. The third-order valence-corrected chi connectivity index (χ3v) is 5.64. The first kappa shape index (κ1) is 19.2. The Morgan fingerprint density at radius 1 is 1.00 bits per heavy atom. The van der Waals surface area contributed by atoms with Gasteiger partial charge in [-0.1, -0.05) is 0 Å². The molecule has 2 heterocycles. The number of carbonyl (C=O) groups is 1. The predicted molar refractivity (Wildman–Crippen MR) is 112 cm³/mol. The molecule has 1 aliphatic heterocycles. The van der Waals surface area contributed by atoms with E-state index in [-0.39, 0.29) is 11.9 Å². The first-order valence-electron chi connectivity index (χ1n) is 9.79. The van der Waals surface area contributed by atoms with Gasteiger partial charge in [-0.15, -0.1) is 0 Å². The fourth-order valence-corrected chi connectivity index (χ4v) is 3.96. The standard InChI is InChI=1S/C23H25N3O3/c1-14-15(2)25-20-12-16(7-10-19(20)24-14)23(27)26-11-5-6-21(26)18-9-8-17(28-3)13-22(18)29-4/h7-10,12-13,21H,5-6,11H2,1-4H3. The summed E-state index contributed by atoms with van der Waals surface area (Å²) in [6.07, 6.45) is 1.86. The van der Waals surface area contributed by atoms with Gasteiger partial charge in [0.1, 0.15) is 11.5 Å². The molecule has 1 unspecified atom stereocenters. The van der Waals surface area contributed by atoms with Gasteiger partial charge in [-0.25, -0.2) is 9.97 Å². The van der Waals surface area contributed by atoms with Crippen LogP contribution in [0.1, 0.15) is 46.2 Å². The van der Waals surface area contributed by atoms with Crippen LogP contribution in [0.4, 0.5) is 0 Å². The van der Waals surface area contributed by atoms with Crippen molar-refractivity contribution in [2.45, 2.75) is 32.7 Å². The number of benzene rings is 2. The molecular weight excluding hydrogens is 366 g/mol. The molecule has 0 radical (unpaired) electrons. The molecule has 2 aromatic carbocycles. The largest absolute Gasteiger partial charge is 0.497 e. The number of hydrogen-bond donors (Lipinski definition) is 0. The zero-order valence-electron chi connectivity index (χ0n) is 17.2. The van der Waals surface area contributed by atoms with Crippen molar-refractivity contribution >= 4 is 16.9 Å². The van der Waals surface area contributed by atoms with Crippen LogP contribution in [0.25, 0.3) is 11.0 Å². The molecule has 29 heavy (non-hydrogen) atoms. The van der Waals surface area contributed by atoms with Crippen molar-refractivity contribution in [3.8, 4) is 11.5 Å². The maximum Gasteiger partial charge on any atom is 0.254 e. The molecular formula is C23H25N3O3. The Labute approximate surface area is 170 Å². The zero-order chi connectivity index (χ0) is 20.5. The van der Waals surface area contributed by atoms with Gasteiger partial charge in [0.05, 0.1) is 42.7 Å². The number of carbonyl (C=O) groups excluding carboxylic acids is 1. The van der Waals surface area contributed by atoms with Gasteiger partial charge >= 0.3 is 0 Å². The van der Waals surface area contributed by atoms with Gasteiger partial charge < -0.3 is 14.4 Å². The van der Waals surface area contributed by atoms with E-state index in [4.69, 9.17) is 9.47 Å². The lowest BCUT2D eigenvalue weighted by atomic mass is 10.0. The molecule has 0 N–H and O–H groups in total. The normalized spacial score (nSPS) is 16.3. The maximum absolute atomic E-state index is 13.4. The Morgan fingerprint density at radius 2 is 1.76 bits per heavy atom. The topological polar surface area (TPSA) is 64.5 Å². The summed E-state index contributed by atoms with van der Waals surface area (Å²) in [4.78, 5) is 24.5. The fraction of sp³-hybridized carbons (Fsp3) is 0.348. The lowest BCUT2D eigenvalue weighted by molar-refractivity contribution is 0.0734. The van der Waals surface area contributed by atoms with Crippen LogP contribution in [0.15, 0.2) is 36.4 Å². The molecule has 0 aliphatic carbocycles. The molecule has 1 atom stereocenters. The Bertz CT molecular complexity index is 1080. The quantitative estimate of drug-likeness (QED) is 0.666. The fourth-order valence-electron chi connectivity index (χ4n) is 3.96. The summed E-state index contributed by atoms with van der Waals surface area (Å²) in [5.41, 5.74) is 4.98. The summed E-state index contributed by atoms with van der Waals surface area (Å²) in [5, 5.41) is 0. The van der Waals surface area contributed by atoms with Crippen LogP contribution in [-0.2, 0) is 0 Å². The Balaban J connectivity index is 1.68. The highest BCUT2D eigenvalue weighted by molar-refractivity contribution is 5.97. The number of likely N-dealkylation sites (tertiary alicyclic amines) is 1. The third-order valence-electron chi connectivity index (χ3n) is 5.64. The molecule has 3 aromatic rings. The predicted octanol–water partition coefficient (Wildman–Crippen LogP) is 4.24. The number of hydrogen-bond acceptors (Lipinski definition) is 5. The molecule has 0 spiro atoms. The van der Waals surface area contributed by atoms with Gasteiger partial charge in [0.15, 0.2) is 0 Å². The van der Waals surface area contributed by atoms with Crippen molar-refractivity contribution in [3.63, 3.8) is 0 Å². The van der Waals surface area contributed by atoms with Crippen molar-refractivity contribution in [3.05, 3.63) is 58.9 Å². The highest BCUT2D eigenvalue weighted by atomic mass is 16.5. The third kappa shape index (κ3) is 3.50. The zero-order valence-corrected chi connectivity index (χ0v) is 17.2. The first-order chi connectivity index (χ1) is 14.0. The minimum absolute atomic E-state index is 0.00676. The number of aryl methyl sites for hydroxylation is 2. The van der Waals surface area contributed by atoms with Crippen molar-refractivity contribution < 1.29 is 14.3 Å². The van der Waals surface area contributed by atoms with Crippen molar-refractivity contribution in [1.29, 1.82) is 0 Å². The second kappa shape index (κ2) is 7.70. The molecule has 0 saturated carbocycles. The van der Waals surface area contributed by atoms with Crippen molar-refractivity contribution in [2.24, 2.45) is 0 Å². The molecule has 1 aromatic heterocycles. The number of ether oxygens (including phenoxy) is 2. The lowest BCUT2D eigenvalue weighted by Gasteiger charge is -2.26. The van der Waals surface area contributed by atoms with Gasteiger partial charge in [0.2, 0.25) is 0 Å².